The quantitative estimate of drug-likeness (QED) is 0.668. The summed E-state index contributed by atoms with van der Waals surface area (Å²) in [5.74, 6) is -0.317. The number of nitrogens with one attached hydrogen (secondary N) is 1. The summed E-state index contributed by atoms with van der Waals surface area (Å²) in [6.45, 7) is 2.80. The minimum Gasteiger partial charge on any atom is -0.381 e. The van der Waals surface area contributed by atoms with Gasteiger partial charge in [0.05, 0.1) is 16.3 Å². The van der Waals surface area contributed by atoms with Crippen LogP contribution in [-0.4, -0.2) is 42.3 Å². The van der Waals surface area contributed by atoms with Crippen LogP contribution in [0.25, 0.3) is 0 Å². The average Bonchev–Trinajstić information content (AvgIpc) is 3.51. The van der Waals surface area contributed by atoms with E-state index >= 15 is 0 Å². The molecule has 2 aromatic rings. The average molecular weight is 470 g/mol. The maximum atomic E-state index is 13.3. The summed E-state index contributed by atoms with van der Waals surface area (Å²) in [4.78, 5) is 30.0. The van der Waals surface area contributed by atoms with Crippen LogP contribution in [0.4, 0.5) is 9.52 Å². The number of halogens is 1. The predicted molar refractivity (Wildman–Crippen MR) is 114 cm³/mol. The molecule has 11 heteroatoms. The molecule has 1 atom stereocenters. The third-order valence-corrected chi connectivity index (χ3v) is 8.69. The number of sulfone groups is 1. The van der Waals surface area contributed by atoms with E-state index < -0.39 is 37.7 Å². The lowest BCUT2D eigenvalue weighted by atomic mass is 9.91. The first-order valence-electron chi connectivity index (χ1n) is 10.2. The minimum absolute atomic E-state index is 0.000897. The molecule has 1 unspecified atom stereocenters. The molecule has 0 bridgehead atoms. The summed E-state index contributed by atoms with van der Waals surface area (Å²) in [5.41, 5.74) is -0.152. The number of pyridine rings is 1. The van der Waals surface area contributed by atoms with Crippen molar-refractivity contribution in [3.05, 3.63) is 39.5 Å². The highest BCUT2D eigenvalue weighted by Gasteiger charge is 2.38. The van der Waals surface area contributed by atoms with Gasteiger partial charge >= 0.3 is 0 Å². The summed E-state index contributed by atoms with van der Waals surface area (Å²) in [6, 6.07) is 1.69. The monoisotopic (exact) mass is 469 g/mol. The van der Waals surface area contributed by atoms with Crippen LogP contribution >= 0.6 is 11.3 Å². The van der Waals surface area contributed by atoms with Gasteiger partial charge in [-0.1, -0.05) is 11.3 Å². The van der Waals surface area contributed by atoms with Crippen molar-refractivity contribution in [2.45, 2.75) is 55.2 Å². The Labute approximate surface area is 183 Å². The molecule has 2 aromatic heterocycles. The summed E-state index contributed by atoms with van der Waals surface area (Å²) in [5, 5.41) is 1.75. The second-order valence-corrected chi connectivity index (χ2v) is 11.3. The molecular weight excluding hydrogens is 445 g/mol. The van der Waals surface area contributed by atoms with Gasteiger partial charge in [0.2, 0.25) is 5.91 Å². The highest BCUT2D eigenvalue weighted by atomic mass is 32.2. The molecule has 1 N–H and O–H groups in total. The Hall–Kier alpha value is -2.11. The first kappa shape index (κ1) is 22.1. The molecule has 31 heavy (non-hydrogen) atoms. The highest BCUT2D eigenvalue weighted by molar-refractivity contribution is 7.92. The van der Waals surface area contributed by atoms with Crippen LogP contribution in [0.1, 0.15) is 43.8 Å². The summed E-state index contributed by atoms with van der Waals surface area (Å²) < 4.78 is 45.2. The number of carbonyl (C=O) groups is 1. The van der Waals surface area contributed by atoms with Crippen LogP contribution in [0.3, 0.4) is 0 Å². The molecule has 1 saturated carbocycles. The van der Waals surface area contributed by atoms with Crippen LogP contribution in [0.2, 0.25) is 0 Å². The lowest BCUT2D eigenvalue weighted by molar-refractivity contribution is -0.120. The van der Waals surface area contributed by atoms with Gasteiger partial charge in [-0.2, -0.15) is 4.39 Å². The number of aryl methyl sites for hydroxylation is 1. The molecule has 0 radical (unpaired) electrons. The summed E-state index contributed by atoms with van der Waals surface area (Å²) >= 11 is 0.703. The van der Waals surface area contributed by atoms with E-state index in [1.165, 1.54) is 10.6 Å². The molecule has 168 valence electrons. The summed E-state index contributed by atoms with van der Waals surface area (Å²) in [6.07, 6.45) is 4.13. The van der Waals surface area contributed by atoms with Gasteiger partial charge < -0.3 is 14.6 Å². The zero-order chi connectivity index (χ0) is 22.2. The molecule has 1 aliphatic carbocycles. The second kappa shape index (κ2) is 8.79. The smallest absolute Gasteiger partial charge is 0.252 e. The molecule has 0 spiro atoms. The molecule has 0 aromatic carbocycles. The van der Waals surface area contributed by atoms with Crippen molar-refractivity contribution in [1.82, 2.24) is 9.55 Å². The van der Waals surface area contributed by atoms with Gasteiger partial charge in [0.1, 0.15) is 6.04 Å². The lowest BCUT2D eigenvalue weighted by Crippen LogP contribution is -2.37. The Morgan fingerprint density at radius 3 is 2.61 bits per heavy atom. The first-order valence-corrected chi connectivity index (χ1v) is 12.6. The number of anilines is 1. The van der Waals surface area contributed by atoms with E-state index in [0.717, 1.165) is 25.1 Å². The lowest BCUT2D eigenvalue weighted by Gasteiger charge is -2.28. The molecule has 2 fully saturated rings. The van der Waals surface area contributed by atoms with Crippen LogP contribution in [0.5, 0.6) is 0 Å². The van der Waals surface area contributed by atoms with Crippen LogP contribution < -0.4 is 10.9 Å². The van der Waals surface area contributed by atoms with Crippen molar-refractivity contribution in [1.29, 1.82) is 0 Å². The zero-order valence-corrected chi connectivity index (χ0v) is 18.7. The van der Waals surface area contributed by atoms with Crippen molar-refractivity contribution in [3.63, 3.8) is 0 Å². The molecule has 1 amide bonds. The SMILES string of the molecule is Cc1cc(S(=O)(=O)C2CC2)cc(=O)n1C(CC1CCOCC1)C(=O)Nc1ncc(F)s1. The number of rotatable bonds is 7. The Bertz CT molecular complexity index is 1130. The number of carbonyl (C=O) groups excluding carboxylic acids is 1. The van der Waals surface area contributed by atoms with Gasteiger partial charge in [-0.3, -0.25) is 9.59 Å². The standard InChI is InChI=1S/C20H24FN3O5S2/c1-12-8-15(31(27,28)14-2-3-14)10-18(25)24(12)16(9-13-4-6-29-7-5-13)19(26)23-20-22-11-17(21)30-20/h8,10-11,13-14,16H,2-7,9H2,1H3,(H,22,23,26). The molecule has 4 rings (SSSR count). The van der Waals surface area contributed by atoms with E-state index in [1.807, 2.05) is 0 Å². The fourth-order valence-electron chi connectivity index (χ4n) is 3.95. The van der Waals surface area contributed by atoms with Crippen molar-refractivity contribution in [3.8, 4) is 0 Å². The van der Waals surface area contributed by atoms with Gasteiger partial charge in [-0.25, -0.2) is 13.4 Å². The van der Waals surface area contributed by atoms with Gasteiger partial charge in [0.25, 0.3) is 5.56 Å². The number of aromatic nitrogens is 2. The number of hydrogen-bond acceptors (Lipinski definition) is 7. The van der Waals surface area contributed by atoms with Crippen molar-refractivity contribution >= 4 is 32.2 Å². The summed E-state index contributed by atoms with van der Waals surface area (Å²) in [7, 11) is -3.53. The van der Waals surface area contributed by atoms with Gasteiger partial charge in [0, 0.05) is 25.0 Å². The van der Waals surface area contributed by atoms with Crippen molar-refractivity contribution in [2.24, 2.45) is 5.92 Å². The van der Waals surface area contributed by atoms with E-state index in [9.17, 15) is 22.4 Å². The number of hydrogen-bond donors (Lipinski definition) is 1. The largest absolute Gasteiger partial charge is 0.381 e. The van der Waals surface area contributed by atoms with Crippen LogP contribution in [0.15, 0.2) is 28.0 Å². The molecule has 8 nitrogen and oxygen atoms in total. The van der Waals surface area contributed by atoms with Gasteiger partial charge in [-0.15, -0.1) is 0 Å². The third kappa shape index (κ3) is 4.88. The maximum Gasteiger partial charge on any atom is 0.252 e. The normalized spacial score (nSPS) is 18.6. The molecular formula is C20H24FN3O5S2. The third-order valence-electron chi connectivity index (χ3n) is 5.75. The van der Waals surface area contributed by atoms with E-state index in [2.05, 4.69) is 10.3 Å². The molecule has 3 heterocycles. The number of ether oxygens (including phenoxy) is 1. The van der Waals surface area contributed by atoms with E-state index in [4.69, 9.17) is 4.74 Å². The minimum atomic E-state index is -3.53. The second-order valence-electron chi connectivity index (χ2n) is 8.05. The predicted octanol–water partition coefficient (Wildman–Crippen LogP) is 2.68. The number of nitrogens with zero attached hydrogens (tertiary/aromatic N) is 2. The van der Waals surface area contributed by atoms with Gasteiger partial charge in [-0.05, 0) is 51.0 Å². The molecule has 1 aliphatic heterocycles. The Balaban J connectivity index is 1.68. The van der Waals surface area contributed by atoms with Crippen molar-refractivity contribution in [2.75, 3.05) is 18.5 Å². The Morgan fingerprint density at radius 1 is 1.32 bits per heavy atom. The molecule has 1 saturated heterocycles. The fourth-order valence-corrected chi connectivity index (χ4v) is 6.23. The Kier molecular flexibility index (Phi) is 6.27. The van der Waals surface area contributed by atoms with E-state index in [1.54, 1.807) is 6.92 Å². The van der Waals surface area contributed by atoms with Crippen LogP contribution in [-0.2, 0) is 19.4 Å². The van der Waals surface area contributed by atoms with Gasteiger partial charge in [0.15, 0.2) is 20.1 Å². The molecule has 2 aliphatic rings. The topological polar surface area (TPSA) is 107 Å². The van der Waals surface area contributed by atoms with E-state index in [-0.39, 0.29) is 15.9 Å². The number of thiazole rings is 1. The first-order chi connectivity index (χ1) is 14.8. The fraction of sp³-hybridized carbons (Fsp3) is 0.550. The Morgan fingerprint density at radius 2 is 2.03 bits per heavy atom. The highest BCUT2D eigenvalue weighted by Crippen LogP contribution is 2.34. The van der Waals surface area contributed by atoms with E-state index in [0.29, 0.717) is 49.5 Å². The zero-order valence-electron chi connectivity index (χ0n) is 17.0. The number of amides is 1. The maximum absolute atomic E-state index is 13.3. The van der Waals surface area contributed by atoms with Crippen molar-refractivity contribution < 1.29 is 22.3 Å². The van der Waals surface area contributed by atoms with Crippen LogP contribution in [0, 0.1) is 18.0 Å².